The number of anilines is 6. The second kappa shape index (κ2) is 40.5. The fraction of sp³-hybridized carbons (Fsp3) is 0.156. The fourth-order valence-electron chi connectivity index (χ4n) is 14.6. The summed E-state index contributed by atoms with van der Waals surface area (Å²) in [5, 5.41) is 2.61. The fourth-order valence-corrected chi connectivity index (χ4v) is 21.3. The molecule has 18 aromatic rings. The van der Waals surface area contributed by atoms with Gasteiger partial charge >= 0.3 is 36.9 Å². The molecule has 14 aromatic heterocycles. The number of fused-ring (bicyclic) bond motifs is 6. The van der Waals surface area contributed by atoms with Gasteiger partial charge in [-0.3, -0.25) is 14.6 Å². The highest BCUT2D eigenvalue weighted by Crippen LogP contribution is 2.53. The van der Waals surface area contributed by atoms with Gasteiger partial charge in [-0.1, -0.05) is 126 Å². The van der Waals surface area contributed by atoms with E-state index in [1.54, 1.807) is 113 Å². The second-order valence-corrected chi connectivity index (χ2v) is 37.4. The molecule has 4 aromatic carbocycles. The number of pyridine rings is 7. The number of aromatic nitrogens is 7. The number of methoxy groups -OCH3 is 1. The summed E-state index contributed by atoms with van der Waals surface area (Å²) in [7, 11) is 1.13. The molecule has 1 aliphatic heterocycles. The lowest BCUT2D eigenvalue weighted by Crippen LogP contribution is -2.35. The predicted octanol–water partition coefficient (Wildman–Crippen LogP) is 29.0. The van der Waals surface area contributed by atoms with Gasteiger partial charge in [0.05, 0.1) is 127 Å². The molecule has 0 aliphatic carbocycles. The van der Waals surface area contributed by atoms with Crippen LogP contribution in [0.15, 0.2) is 188 Å². The van der Waals surface area contributed by atoms with Gasteiger partial charge < -0.3 is 44.0 Å². The molecular formula is C96H68F15N17O4S7. The molecule has 1 fully saturated rings. The first-order chi connectivity index (χ1) is 65.8. The number of nitrogens with two attached hydrogens (primary N) is 6. The van der Waals surface area contributed by atoms with E-state index in [1.165, 1.54) is 30.7 Å². The topological polar surface area (TPSA) is 323 Å². The zero-order valence-corrected chi connectivity index (χ0v) is 78.2. The normalized spacial score (nSPS) is 12.3. The third kappa shape index (κ3) is 21.5. The lowest BCUT2D eigenvalue weighted by atomic mass is 10.0. The Morgan fingerprint density at radius 1 is 0.381 bits per heavy atom. The molecule has 1 saturated heterocycles. The number of Topliss-reactive ketones (excluding diaryl/α,β-unsaturated/α-hetero) is 1. The van der Waals surface area contributed by atoms with Crippen LogP contribution in [0.5, 0.6) is 0 Å². The van der Waals surface area contributed by atoms with Crippen molar-refractivity contribution in [3.05, 3.63) is 281 Å². The number of amides is 1. The quantitative estimate of drug-likeness (QED) is 0.0338. The van der Waals surface area contributed by atoms with Crippen molar-refractivity contribution in [3.8, 4) is 66.9 Å². The molecule has 43 heteroatoms. The number of rotatable bonds is 9. The van der Waals surface area contributed by atoms with E-state index in [0.717, 1.165) is 151 Å². The highest BCUT2D eigenvalue weighted by Gasteiger charge is 2.42. The molecule has 19 rings (SSSR count). The molecule has 0 spiro atoms. The molecule has 139 heavy (non-hydrogen) atoms. The number of likely N-dealkylation sites (tertiary alicyclic amines) is 1. The van der Waals surface area contributed by atoms with E-state index >= 15 is 0 Å². The number of ketones is 1. The van der Waals surface area contributed by atoms with E-state index in [1.807, 2.05) is 68.6 Å². The van der Waals surface area contributed by atoms with E-state index in [4.69, 9.17) is 54.1 Å². The lowest BCUT2D eigenvalue weighted by molar-refractivity contribution is -0.137. The molecule has 708 valence electrons. The zero-order chi connectivity index (χ0) is 100. The number of alkyl halides is 15. The Labute approximate surface area is 807 Å². The largest absolute Gasteiger partial charge is 0.465 e. The van der Waals surface area contributed by atoms with Crippen LogP contribution in [0, 0.1) is 40.5 Å². The van der Waals surface area contributed by atoms with Gasteiger partial charge in [0.1, 0.15) is 38.7 Å². The van der Waals surface area contributed by atoms with Crippen molar-refractivity contribution in [1.29, 1.82) is 0 Å². The minimum Gasteiger partial charge on any atom is -0.465 e. The standard InChI is InChI=1S/C20H18F3N3OS.2C16H10F3N3S.C16H11F3N2OS.C15H10F3N3O2S.C13H9N3S2/c21-20(22,23)13-11-14(12-7-3-1-4-8-12)25-18-15(13)16(24)17(28-18)19(27)26-9-5-2-6-10-26;2*1-8-3-5-9(6-4-8)11-7-10(16(17,18)19)12-13(20)15(21-2)23-14(12)22-11;1-8(22)14-13(20)12-10(16(17,18)19)7-11(21-15(12)23-14)9-5-3-2-4-6-9;1-23-14(22)12-11(19)10-8(15(16,17)18)5-9(21-13(10)24-12)7-3-2-4-20-6-7;1-7-11-8(14)6-9(10-4-3-5-17-10)16-13(11)18-12(7)15-2/h1,3-4,7-8,11H,2,5-6,9-10,24H2;2*3-7H,20H2,1H3;2-7H,20H2,1H3;2-6H,19H2,1H3;3-6H,1H3,(H2,14,16). The maximum atomic E-state index is 13.8. The summed E-state index contributed by atoms with van der Waals surface area (Å²) in [5.41, 5.74) is 38.0. The average molecular weight is 2030 g/mol. The first kappa shape index (κ1) is 100. The second-order valence-electron chi connectivity index (χ2n) is 30.6. The van der Waals surface area contributed by atoms with Gasteiger partial charge in [-0.15, -0.1) is 79.4 Å². The number of carbonyl (C=O) groups is 3. The molecule has 0 bridgehead atoms. The number of nitrogen functional groups attached to an aromatic ring is 6. The predicted molar refractivity (Wildman–Crippen MR) is 522 cm³/mol. The summed E-state index contributed by atoms with van der Waals surface area (Å²) in [6.45, 7) is 29.4. The Balaban J connectivity index is 0.000000133. The zero-order valence-electron chi connectivity index (χ0n) is 72.5. The third-order valence-electron chi connectivity index (χ3n) is 21.3. The Morgan fingerprint density at radius 3 is 1.09 bits per heavy atom. The molecular weight excluding hydrogens is 1960 g/mol. The number of piperidine rings is 1. The number of halogens is 15. The van der Waals surface area contributed by atoms with Crippen LogP contribution in [0.3, 0.4) is 0 Å². The van der Waals surface area contributed by atoms with E-state index in [0.29, 0.717) is 51.6 Å². The number of nitrogens with zero attached hydrogens (tertiary/aromatic N) is 11. The Morgan fingerprint density at radius 2 is 0.719 bits per heavy atom. The van der Waals surface area contributed by atoms with Crippen LogP contribution in [-0.2, 0) is 35.6 Å². The summed E-state index contributed by atoms with van der Waals surface area (Å²) in [4.78, 5) is 80.2. The summed E-state index contributed by atoms with van der Waals surface area (Å²) in [6.07, 6.45) is -17.3. The number of hydrogen-bond donors (Lipinski definition) is 6. The molecule has 0 atom stereocenters. The number of ether oxygens (including phenoxy) is 1. The van der Waals surface area contributed by atoms with Crippen molar-refractivity contribution in [1.82, 2.24) is 39.8 Å². The molecule has 0 radical (unpaired) electrons. The Bertz CT molecular complexity index is 7710. The van der Waals surface area contributed by atoms with Gasteiger partial charge in [-0.2, -0.15) is 65.9 Å². The number of aryl methyl sites for hydroxylation is 3. The van der Waals surface area contributed by atoms with Gasteiger partial charge in [0, 0.05) is 98.2 Å². The maximum absolute atomic E-state index is 13.8. The molecule has 1 aliphatic rings. The van der Waals surface area contributed by atoms with Crippen molar-refractivity contribution < 1.29 is 85.0 Å². The summed E-state index contributed by atoms with van der Waals surface area (Å²) < 4.78 is 207. The van der Waals surface area contributed by atoms with Crippen LogP contribution in [0.1, 0.15) is 99.7 Å². The number of hydrogen-bond acceptors (Lipinski definition) is 24. The highest BCUT2D eigenvalue weighted by atomic mass is 32.1. The Kier molecular flexibility index (Phi) is 29.2. The van der Waals surface area contributed by atoms with Crippen LogP contribution in [0.25, 0.3) is 143 Å². The monoisotopic (exact) mass is 2030 g/mol. The first-order valence-corrected chi connectivity index (χ1v) is 46.5. The smallest absolute Gasteiger partial charge is 0.417 e. The minimum atomic E-state index is -4.65. The maximum Gasteiger partial charge on any atom is 0.417 e. The number of benzene rings is 4. The molecule has 21 nitrogen and oxygen atoms in total. The molecule has 1 amide bonds. The van der Waals surface area contributed by atoms with E-state index < -0.39 is 64.7 Å². The molecule has 0 unspecified atom stereocenters. The number of esters is 1. The summed E-state index contributed by atoms with van der Waals surface area (Å²) in [6, 6.07) is 45.3. The average Bonchev–Trinajstić information content (AvgIpc) is 1.36. The van der Waals surface area contributed by atoms with Gasteiger partial charge in [0.25, 0.3) is 15.9 Å². The minimum absolute atomic E-state index is 0.0154. The lowest BCUT2D eigenvalue weighted by Gasteiger charge is -2.26. The van der Waals surface area contributed by atoms with Crippen LogP contribution < -0.4 is 34.4 Å². The molecule has 15 heterocycles. The van der Waals surface area contributed by atoms with Gasteiger partial charge in [0.15, 0.2) is 5.78 Å². The summed E-state index contributed by atoms with van der Waals surface area (Å²) in [5.74, 6) is -1.49. The van der Waals surface area contributed by atoms with Crippen LogP contribution >= 0.6 is 79.4 Å². The number of carbonyl (C=O) groups excluding carboxylic acids is 3. The van der Waals surface area contributed by atoms with Crippen molar-refractivity contribution in [2.75, 3.05) is 54.6 Å². The van der Waals surface area contributed by atoms with E-state index in [2.05, 4.69) is 54.2 Å². The third-order valence-corrected chi connectivity index (χ3v) is 28.6. The Hall–Kier alpha value is -14.8. The highest BCUT2D eigenvalue weighted by molar-refractivity contribution is 7.24. The SMILES string of the molecule is CC(=O)c1sc2nc(-c3ccccc3)cc(C(F)(F)F)c2c1N.COC(=O)c1sc2nc(-c3cccnc3)cc(C(F)(F)F)c2c1N.Nc1c(C(=O)N2CCCCC2)sc2nc(-c3ccccc3)cc(C(F)(F)F)c12.[C-]#[N+]c1sc2nc(-c3ccc(C)cc3)cc(C(F)(F)F)c2c1N.[C-]#[N+]c1sc2nc(-c3ccc(C)cc3)cc(C(F)(F)F)c2c1N.[C-]#[N+]c1sc2nc(-c3cccs3)cc(N)c2c1C. The van der Waals surface area contributed by atoms with Gasteiger partial charge in [0.2, 0.25) is 5.00 Å². The van der Waals surface area contributed by atoms with Crippen molar-refractivity contribution in [2.45, 2.75) is 77.8 Å². The van der Waals surface area contributed by atoms with Gasteiger partial charge in [-0.05, 0) is 106 Å². The number of thiophene rings is 7. The van der Waals surface area contributed by atoms with Crippen molar-refractivity contribution >= 4 is 207 Å². The molecule has 0 saturated carbocycles. The van der Waals surface area contributed by atoms with Crippen LogP contribution in [0.4, 0.5) is 115 Å². The first-order valence-electron chi connectivity index (χ1n) is 40.7. The molecule has 12 N–H and O–H groups in total. The van der Waals surface area contributed by atoms with Crippen molar-refractivity contribution in [2.24, 2.45) is 0 Å². The van der Waals surface area contributed by atoms with E-state index in [-0.39, 0.29) is 144 Å². The van der Waals surface area contributed by atoms with Crippen LogP contribution in [-0.4, -0.2) is 77.6 Å². The van der Waals surface area contributed by atoms with Crippen LogP contribution in [0.2, 0.25) is 0 Å². The van der Waals surface area contributed by atoms with Gasteiger partial charge in [-0.25, -0.2) is 49.2 Å². The van der Waals surface area contributed by atoms with Crippen molar-refractivity contribution in [3.63, 3.8) is 0 Å². The van der Waals surface area contributed by atoms with E-state index in [9.17, 15) is 80.2 Å². The summed E-state index contributed by atoms with van der Waals surface area (Å²) >= 11 is 7.38.